The molecule has 2 aromatic carbocycles. The monoisotopic (exact) mass is 525 g/mol. The first-order valence-corrected chi connectivity index (χ1v) is 12.2. The van der Waals surface area contributed by atoms with Crippen LogP contribution in [0.3, 0.4) is 0 Å². The molecule has 10 heteroatoms. The number of carbonyl (C=O) groups excluding carboxylic acids is 1. The van der Waals surface area contributed by atoms with E-state index < -0.39 is 0 Å². The third-order valence-corrected chi connectivity index (χ3v) is 7.14. The maximum Gasteiger partial charge on any atom is 0.266 e. The summed E-state index contributed by atoms with van der Waals surface area (Å²) in [6, 6.07) is 11.3. The van der Waals surface area contributed by atoms with Gasteiger partial charge in [0.1, 0.15) is 17.0 Å². The molecule has 4 rings (SSSR count). The highest BCUT2D eigenvalue weighted by atomic mass is 35.5. The minimum absolute atomic E-state index is 0. The number of aryl methyl sites for hydroxylation is 1. The minimum atomic E-state index is -0.144. The zero-order valence-corrected chi connectivity index (χ0v) is 21.7. The van der Waals surface area contributed by atoms with E-state index in [1.807, 2.05) is 31.2 Å². The van der Waals surface area contributed by atoms with Crippen molar-refractivity contribution in [1.29, 1.82) is 0 Å². The molecule has 0 unspecified atom stereocenters. The maximum atomic E-state index is 13.3. The van der Waals surface area contributed by atoms with Gasteiger partial charge in [0.2, 0.25) is 0 Å². The molecule has 0 spiro atoms. The standard InChI is InChI=1S/C24H28ClN3O4S.ClH/c1-17-6-3-4-7-19(17)32-16-21(29)28(11-5-10-27-12-14-31-15-13-27)24-26-22-20(30-2)9-8-18(25)23(22)33-24;/h3-4,6-9H,5,10-16H2,1-2H3;1H. The van der Waals surface area contributed by atoms with Gasteiger partial charge in [0.25, 0.3) is 5.91 Å². The van der Waals surface area contributed by atoms with Crippen LogP contribution < -0.4 is 14.4 Å². The van der Waals surface area contributed by atoms with Crippen molar-refractivity contribution in [2.45, 2.75) is 13.3 Å². The van der Waals surface area contributed by atoms with Crippen LogP contribution in [0.1, 0.15) is 12.0 Å². The summed E-state index contributed by atoms with van der Waals surface area (Å²) >= 11 is 7.81. The molecule has 0 bridgehead atoms. The number of amides is 1. The Labute approximate surface area is 215 Å². The number of rotatable bonds is 9. The number of aromatic nitrogens is 1. The summed E-state index contributed by atoms with van der Waals surface area (Å²) in [6.07, 6.45) is 0.816. The third kappa shape index (κ3) is 6.31. The quantitative estimate of drug-likeness (QED) is 0.398. The summed E-state index contributed by atoms with van der Waals surface area (Å²) in [5, 5.41) is 1.18. The molecule has 0 atom stereocenters. The number of ether oxygens (including phenoxy) is 3. The van der Waals surface area contributed by atoms with Crippen LogP contribution in [0.2, 0.25) is 5.02 Å². The van der Waals surface area contributed by atoms with Crippen molar-refractivity contribution >= 4 is 56.6 Å². The number of halogens is 2. The van der Waals surface area contributed by atoms with Gasteiger partial charge in [-0.2, -0.15) is 0 Å². The highest BCUT2D eigenvalue weighted by Crippen LogP contribution is 2.38. The van der Waals surface area contributed by atoms with Crippen molar-refractivity contribution in [2.75, 3.05) is 58.0 Å². The van der Waals surface area contributed by atoms with Gasteiger partial charge in [-0.25, -0.2) is 4.98 Å². The summed E-state index contributed by atoms with van der Waals surface area (Å²) in [5.74, 6) is 1.19. The van der Waals surface area contributed by atoms with Gasteiger partial charge in [-0.15, -0.1) is 12.4 Å². The number of para-hydroxylation sites is 1. The lowest BCUT2D eigenvalue weighted by atomic mass is 10.2. The van der Waals surface area contributed by atoms with E-state index in [0.717, 1.165) is 49.5 Å². The van der Waals surface area contributed by atoms with Crippen molar-refractivity contribution in [2.24, 2.45) is 0 Å². The van der Waals surface area contributed by atoms with Gasteiger partial charge in [-0.3, -0.25) is 14.6 Å². The first-order chi connectivity index (χ1) is 16.1. The number of hydrogen-bond donors (Lipinski definition) is 0. The average Bonchev–Trinajstić information content (AvgIpc) is 3.28. The molecule has 0 aliphatic carbocycles. The summed E-state index contributed by atoms with van der Waals surface area (Å²) in [6.45, 7) is 6.65. The molecular weight excluding hydrogens is 497 g/mol. The molecule has 7 nitrogen and oxygen atoms in total. The number of thiazole rings is 1. The van der Waals surface area contributed by atoms with Gasteiger partial charge < -0.3 is 14.2 Å². The lowest BCUT2D eigenvalue weighted by Gasteiger charge is -2.27. The molecule has 1 aliphatic rings. The van der Waals surface area contributed by atoms with E-state index in [9.17, 15) is 4.79 Å². The number of anilines is 1. The van der Waals surface area contributed by atoms with Gasteiger partial charge in [0.05, 0.1) is 30.0 Å². The lowest BCUT2D eigenvalue weighted by molar-refractivity contribution is -0.120. The Morgan fingerprint density at radius 1 is 1.21 bits per heavy atom. The van der Waals surface area contributed by atoms with Crippen molar-refractivity contribution in [3.05, 3.63) is 47.0 Å². The van der Waals surface area contributed by atoms with Crippen LogP contribution >= 0.6 is 35.3 Å². The van der Waals surface area contributed by atoms with E-state index in [1.54, 1.807) is 24.1 Å². The number of carbonyl (C=O) groups is 1. The summed E-state index contributed by atoms with van der Waals surface area (Å²) < 4.78 is 17.5. The molecule has 3 aromatic rings. The predicted molar refractivity (Wildman–Crippen MR) is 139 cm³/mol. The Morgan fingerprint density at radius 2 is 1.97 bits per heavy atom. The molecule has 34 heavy (non-hydrogen) atoms. The van der Waals surface area contributed by atoms with Crippen LogP contribution in [0.5, 0.6) is 11.5 Å². The molecule has 0 radical (unpaired) electrons. The molecule has 1 aliphatic heterocycles. The second kappa shape index (κ2) is 12.6. The summed E-state index contributed by atoms with van der Waals surface area (Å²) in [4.78, 5) is 22.1. The number of morpholine rings is 1. The van der Waals surface area contributed by atoms with E-state index in [-0.39, 0.29) is 24.9 Å². The fourth-order valence-corrected chi connectivity index (χ4v) is 5.06. The topological polar surface area (TPSA) is 64.1 Å². The van der Waals surface area contributed by atoms with Crippen LogP contribution in [0, 0.1) is 6.92 Å². The van der Waals surface area contributed by atoms with Crippen molar-refractivity contribution in [3.63, 3.8) is 0 Å². The molecule has 1 fully saturated rings. The molecule has 0 N–H and O–H groups in total. The number of hydrogen-bond acceptors (Lipinski definition) is 7. The molecule has 1 amide bonds. The van der Waals surface area contributed by atoms with Crippen LogP contribution in [0.4, 0.5) is 5.13 Å². The fourth-order valence-electron chi connectivity index (χ4n) is 3.76. The largest absolute Gasteiger partial charge is 0.494 e. The van der Waals surface area contributed by atoms with E-state index in [4.69, 9.17) is 30.8 Å². The Morgan fingerprint density at radius 3 is 2.71 bits per heavy atom. The van der Waals surface area contributed by atoms with E-state index in [2.05, 4.69) is 4.90 Å². The van der Waals surface area contributed by atoms with E-state index in [0.29, 0.717) is 33.7 Å². The van der Waals surface area contributed by atoms with Crippen LogP contribution in [-0.4, -0.2) is 68.9 Å². The third-order valence-electron chi connectivity index (χ3n) is 5.60. The van der Waals surface area contributed by atoms with Gasteiger partial charge in [-0.1, -0.05) is 41.1 Å². The van der Waals surface area contributed by atoms with E-state index in [1.165, 1.54) is 11.3 Å². The van der Waals surface area contributed by atoms with Gasteiger partial charge in [0, 0.05) is 26.2 Å². The second-order valence-electron chi connectivity index (χ2n) is 7.83. The number of benzene rings is 2. The second-order valence-corrected chi connectivity index (χ2v) is 9.22. The summed E-state index contributed by atoms with van der Waals surface area (Å²) in [7, 11) is 1.60. The van der Waals surface area contributed by atoms with Crippen molar-refractivity contribution < 1.29 is 19.0 Å². The zero-order valence-electron chi connectivity index (χ0n) is 19.3. The molecule has 0 saturated carbocycles. The molecule has 2 heterocycles. The Kier molecular flexibility index (Phi) is 9.79. The van der Waals surface area contributed by atoms with Gasteiger partial charge in [0.15, 0.2) is 11.7 Å². The highest BCUT2D eigenvalue weighted by molar-refractivity contribution is 7.23. The first kappa shape index (κ1) is 26.5. The van der Waals surface area contributed by atoms with Gasteiger partial charge in [-0.05, 0) is 37.1 Å². The Bertz CT molecular complexity index is 1110. The fraction of sp³-hybridized carbons (Fsp3) is 0.417. The summed E-state index contributed by atoms with van der Waals surface area (Å²) in [5.41, 5.74) is 1.65. The minimum Gasteiger partial charge on any atom is -0.494 e. The molecular formula is C24H29Cl2N3O4S. The lowest BCUT2D eigenvalue weighted by Crippen LogP contribution is -2.40. The Hall–Kier alpha value is -2.10. The maximum absolute atomic E-state index is 13.3. The van der Waals surface area contributed by atoms with Crippen LogP contribution in [0.15, 0.2) is 36.4 Å². The zero-order chi connectivity index (χ0) is 23.2. The predicted octanol–water partition coefficient (Wildman–Crippen LogP) is 4.82. The van der Waals surface area contributed by atoms with Crippen molar-refractivity contribution in [3.8, 4) is 11.5 Å². The smallest absolute Gasteiger partial charge is 0.266 e. The molecule has 184 valence electrons. The number of methoxy groups -OCH3 is 1. The first-order valence-electron chi connectivity index (χ1n) is 11.0. The van der Waals surface area contributed by atoms with E-state index >= 15 is 0 Å². The number of nitrogens with zero attached hydrogens (tertiary/aromatic N) is 3. The normalized spacial score (nSPS) is 14.0. The van der Waals surface area contributed by atoms with Crippen LogP contribution in [0.25, 0.3) is 10.2 Å². The average molecular weight is 526 g/mol. The number of fused-ring (bicyclic) bond motifs is 1. The van der Waals surface area contributed by atoms with Crippen molar-refractivity contribution in [1.82, 2.24) is 9.88 Å². The molecule has 1 saturated heterocycles. The Balaban J connectivity index is 0.00000324. The SMILES string of the molecule is COc1ccc(Cl)c2sc(N(CCCN3CCOCC3)C(=O)COc3ccccc3C)nc12.Cl. The highest BCUT2D eigenvalue weighted by Gasteiger charge is 2.23. The molecule has 1 aromatic heterocycles. The van der Waals surface area contributed by atoms with Crippen LogP contribution in [-0.2, 0) is 9.53 Å². The van der Waals surface area contributed by atoms with Gasteiger partial charge >= 0.3 is 0 Å².